The van der Waals surface area contributed by atoms with Gasteiger partial charge in [-0.2, -0.15) is 11.8 Å². The Morgan fingerprint density at radius 2 is 1.71 bits per heavy atom. The topological polar surface area (TPSA) is 117 Å². The van der Waals surface area contributed by atoms with Crippen LogP contribution in [0.15, 0.2) is 58.0 Å². The fourth-order valence-electron chi connectivity index (χ4n) is 3.02. The maximum atomic E-state index is 12.5. The molecule has 166 valence electrons. The molecule has 0 radical (unpaired) electrons. The highest BCUT2D eigenvalue weighted by Gasteiger charge is 2.30. The zero-order chi connectivity index (χ0) is 22.3. The molecule has 0 atom stereocenters. The van der Waals surface area contributed by atoms with Gasteiger partial charge in [-0.25, -0.2) is 13.4 Å². The predicted molar refractivity (Wildman–Crippen MR) is 115 cm³/mol. The Hall–Kier alpha value is -2.79. The van der Waals surface area contributed by atoms with Crippen molar-refractivity contribution >= 4 is 39.3 Å². The van der Waals surface area contributed by atoms with Crippen molar-refractivity contribution in [3.63, 3.8) is 0 Å². The number of nitrogens with one attached hydrogen (secondary N) is 1. The fourth-order valence-corrected chi connectivity index (χ4v) is 5.65. The third-order valence-corrected chi connectivity index (χ3v) is 7.51. The summed E-state index contributed by atoms with van der Waals surface area (Å²) in [5, 5.41) is 5.16. The molecule has 1 saturated heterocycles. The van der Waals surface area contributed by atoms with Crippen molar-refractivity contribution in [3.05, 3.63) is 54.5 Å². The molecule has 1 fully saturated rings. The maximum absolute atomic E-state index is 12.5. The lowest BCUT2D eigenvalue weighted by molar-refractivity contribution is -0.155. The lowest BCUT2D eigenvalue weighted by Gasteiger charge is -2.27. The molecule has 31 heavy (non-hydrogen) atoms. The van der Waals surface area contributed by atoms with E-state index in [9.17, 15) is 22.8 Å². The summed E-state index contributed by atoms with van der Waals surface area (Å²) in [6.45, 7) is 0.527. The SMILES string of the molecule is O=C(NCC(=O)N1CCCN1C(=O)CSCCS(=O)(=O)c1ccccc1)c1ccco1. The molecule has 1 aromatic carbocycles. The first kappa shape index (κ1) is 22.9. The van der Waals surface area contributed by atoms with Crippen LogP contribution in [0.3, 0.4) is 0 Å². The van der Waals surface area contributed by atoms with E-state index < -0.39 is 21.7 Å². The second-order valence-corrected chi connectivity index (χ2v) is 9.95. The van der Waals surface area contributed by atoms with Crippen molar-refractivity contribution in [1.82, 2.24) is 15.3 Å². The van der Waals surface area contributed by atoms with E-state index in [1.807, 2.05) is 0 Å². The summed E-state index contributed by atoms with van der Waals surface area (Å²) >= 11 is 1.21. The predicted octanol–water partition coefficient (Wildman–Crippen LogP) is 1.19. The van der Waals surface area contributed by atoms with Crippen LogP contribution in [0.2, 0.25) is 0 Å². The average Bonchev–Trinajstić information content (AvgIpc) is 3.47. The van der Waals surface area contributed by atoms with E-state index >= 15 is 0 Å². The molecular formula is C20H23N3O6S2. The molecule has 0 bridgehead atoms. The Morgan fingerprint density at radius 3 is 2.39 bits per heavy atom. The van der Waals surface area contributed by atoms with Gasteiger partial charge < -0.3 is 9.73 Å². The van der Waals surface area contributed by atoms with Gasteiger partial charge in [0.05, 0.1) is 29.2 Å². The third kappa shape index (κ3) is 6.11. The molecule has 3 amide bonds. The molecule has 1 aliphatic rings. The minimum absolute atomic E-state index is 0.0623. The Balaban J connectivity index is 1.44. The number of benzene rings is 1. The van der Waals surface area contributed by atoms with Crippen LogP contribution in [0, 0.1) is 0 Å². The number of amides is 3. The zero-order valence-corrected chi connectivity index (χ0v) is 18.4. The number of furan rings is 1. The summed E-state index contributed by atoms with van der Waals surface area (Å²) in [6.07, 6.45) is 2.00. The van der Waals surface area contributed by atoms with Crippen LogP contribution in [0.1, 0.15) is 17.0 Å². The van der Waals surface area contributed by atoms with E-state index in [0.717, 1.165) is 0 Å². The number of nitrogens with zero attached hydrogens (tertiary/aromatic N) is 2. The zero-order valence-electron chi connectivity index (χ0n) is 16.7. The largest absolute Gasteiger partial charge is 0.459 e. The molecule has 1 aliphatic heterocycles. The molecule has 0 saturated carbocycles. The Kier molecular flexibility index (Phi) is 7.75. The van der Waals surface area contributed by atoms with Crippen LogP contribution < -0.4 is 5.32 Å². The standard InChI is InChI=1S/C20H23N3O6S2/c24-18(14-21-20(26)17-8-4-11-29-17)22-9-5-10-23(22)19(25)15-30-12-13-31(27,28)16-6-2-1-3-7-16/h1-4,6-8,11H,5,9-10,12-15H2,(H,21,26). The van der Waals surface area contributed by atoms with Crippen molar-refractivity contribution in [3.8, 4) is 0 Å². The van der Waals surface area contributed by atoms with Gasteiger partial charge in [-0.15, -0.1) is 0 Å². The molecule has 1 N–H and O–H groups in total. The highest BCUT2D eigenvalue weighted by molar-refractivity contribution is 8.01. The summed E-state index contributed by atoms with van der Waals surface area (Å²) in [7, 11) is -3.39. The highest BCUT2D eigenvalue weighted by atomic mass is 32.2. The molecule has 1 aromatic heterocycles. The third-order valence-electron chi connectivity index (χ3n) is 4.58. The van der Waals surface area contributed by atoms with Crippen LogP contribution in [-0.4, -0.2) is 73.0 Å². The van der Waals surface area contributed by atoms with Crippen LogP contribution in [0.25, 0.3) is 0 Å². The Bertz CT molecular complexity index is 1010. The van der Waals surface area contributed by atoms with Crippen molar-refractivity contribution in [2.75, 3.05) is 36.9 Å². The van der Waals surface area contributed by atoms with Gasteiger partial charge in [-0.05, 0) is 30.7 Å². The molecule has 2 heterocycles. The van der Waals surface area contributed by atoms with Gasteiger partial charge in [0.15, 0.2) is 15.6 Å². The van der Waals surface area contributed by atoms with E-state index in [1.54, 1.807) is 36.4 Å². The molecular weight excluding hydrogens is 442 g/mol. The van der Waals surface area contributed by atoms with Crippen molar-refractivity contribution < 1.29 is 27.2 Å². The van der Waals surface area contributed by atoms with Crippen LogP contribution >= 0.6 is 11.8 Å². The minimum Gasteiger partial charge on any atom is -0.459 e. The lowest BCUT2D eigenvalue weighted by Crippen LogP contribution is -2.49. The van der Waals surface area contributed by atoms with Crippen molar-refractivity contribution in [1.29, 1.82) is 0 Å². The van der Waals surface area contributed by atoms with Crippen molar-refractivity contribution in [2.45, 2.75) is 11.3 Å². The van der Waals surface area contributed by atoms with Gasteiger partial charge in [0.1, 0.15) is 0 Å². The smallest absolute Gasteiger partial charge is 0.287 e. The van der Waals surface area contributed by atoms with Crippen LogP contribution in [-0.2, 0) is 19.4 Å². The van der Waals surface area contributed by atoms with Gasteiger partial charge >= 0.3 is 0 Å². The van der Waals surface area contributed by atoms with Gasteiger partial charge in [-0.1, -0.05) is 18.2 Å². The first-order valence-electron chi connectivity index (χ1n) is 9.66. The highest BCUT2D eigenvalue weighted by Crippen LogP contribution is 2.16. The molecule has 2 aromatic rings. The summed E-state index contributed by atoms with van der Waals surface area (Å²) in [5.74, 6) is -0.824. The van der Waals surface area contributed by atoms with Gasteiger partial charge in [-0.3, -0.25) is 19.4 Å². The summed E-state index contributed by atoms with van der Waals surface area (Å²) in [5.41, 5.74) is 0. The second-order valence-electron chi connectivity index (χ2n) is 6.73. The molecule has 0 unspecified atom stereocenters. The monoisotopic (exact) mass is 465 g/mol. The first-order chi connectivity index (χ1) is 14.9. The average molecular weight is 466 g/mol. The molecule has 0 spiro atoms. The van der Waals surface area contributed by atoms with E-state index in [-0.39, 0.29) is 40.4 Å². The number of rotatable bonds is 9. The van der Waals surface area contributed by atoms with Crippen LogP contribution in [0.4, 0.5) is 0 Å². The normalized spacial score (nSPS) is 13.9. The van der Waals surface area contributed by atoms with Crippen molar-refractivity contribution in [2.24, 2.45) is 0 Å². The number of thioether (sulfide) groups is 1. The fraction of sp³-hybridized carbons (Fsp3) is 0.350. The quantitative estimate of drug-likeness (QED) is 0.553. The van der Waals surface area contributed by atoms with E-state index in [1.165, 1.54) is 34.1 Å². The van der Waals surface area contributed by atoms with E-state index in [4.69, 9.17) is 4.42 Å². The van der Waals surface area contributed by atoms with Gasteiger partial charge in [0, 0.05) is 18.8 Å². The second kappa shape index (κ2) is 10.5. The molecule has 11 heteroatoms. The van der Waals surface area contributed by atoms with E-state index in [0.29, 0.717) is 19.5 Å². The molecule has 9 nitrogen and oxygen atoms in total. The summed E-state index contributed by atoms with van der Waals surface area (Å²) < 4.78 is 29.5. The number of hydrogen-bond acceptors (Lipinski definition) is 7. The maximum Gasteiger partial charge on any atom is 0.287 e. The Morgan fingerprint density at radius 1 is 1.00 bits per heavy atom. The minimum atomic E-state index is -3.39. The number of hydrogen-bond donors (Lipinski definition) is 1. The lowest BCUT2D eigenvalue weighted by atomic mass is 10.4. The number of hydrazine groups is 1. The van der Waals surface area contributed by atoms with Gasteiger partial charge in [0.25, 0.3) is 17.7 Å². The molecule has 0 aliphatic carbocycles. The summed E-state index contributed by atoms with van der Waals surface area (Å²) in [4.78, 5) is 37.1. The number of sulfone groups is 1. The number of carbonyl (C=O) groups is 3. The van der Waals surface area contributed by atoms with E-state index in [2.05, 4.69) is 5.32 Å². The number of carbonyl (C=O) groups excluding carboxylic acids is 3. The summed E-state index contributed by atoms with van der Waals surface area (Å²) in [6, 6.07) is 11.2. The first-order valence-corrected chi connectivity index (χ1v) is 12.5. The van der Waals surface area contributed by atoms with Gasteiger partial charge in [0.2, 0.25) is 0 Å². The Labute approximate surface area is 184 Å². The van der Waals surface area contributed by atoms with Crippen LogP contribution in [0.5, 0.6) is 0 Å². The molecule has 3 rings (SSSR count).